The highest BCUT2D eigenvalue weighted by Gasteiger charge is 2.10. The third kappa shape index (κ3) is 3.10. The first kappa shape index (κ1) is 12.6. The molecule has 5 nitrogen and oxygen atoms in total. The number of phenols is 1. The number of aromatic nitrogens is 2. The number of benzene rings is 1. The molecule has 1 aromatic heterocycles. The zero-order chi connectivity index (χ0) is 13.0. The van der Waals surface area contributed by atoms with E-state index < -0.39 is 0 Å². The van der Waals surface area contributed by atoms with Gasteiger partial charge in [-0.25, -0.2) is 4.98 Å². The molecule has 0 aliphatic carbocycles. The quantitative estimate of drug-likeness (QED) is 0.806. The molecule has 0 fully saturated rings. The molecule has 0 saturated heterocycles. The molecule has 3 N–H and O–H groups in total. The summed E-state index contributed by atoms with van der Waals surface area (Å²) in [6.07, 6.45) is 3.98. The number of nitrogens with one attached hydrogen (secondary N) is 2. The van der Waals surface area contributed by atoms with E-state index in [-0.39, 0.29) is 17.2 Å². The summed E-state index contributed by atoms with van der Waals surface area (Å²) in [5.74, 6) is -0.331. The normalized spacial score (nSPS) is 10.3. The van der Waals surface area contributed by atoms with Crippen LogP contribution in [0.5, 0.6) is 5.75 Å². The molecule has 2 aromatic rings. The monoisotopic (exact) mass is 309 g/mol. The van der Waals surface area contributed by atoms with Crippen LogP contribution >= 0.6 is 15.9 Å². The second-order valence-electron chi connectivity index (χ2n) is 3.74. The van der Waals surface area contributed by atoms with Gasteiger partial charge in [0.1, 0.15) is 5.75 Å². The second-order valence-corrected chi connectivity index (χ2v) is 4.66. The Morgan fingerprint density at radius 1 is 1.50 bits per heavy atom. The van der Waals surface area contributed by atoms with Crippen molar-refractivity contribution in [3.05, 3.63) is 46.5 Å². The molecule has 1 amide bonds. The standard InChI is InChI=1S/C12H12BrN3O2/c13-8-1-2-10(11(17)5-8)12(18)15-4-3-9-6-14-7-16-9/h1-2,5-7,17H,3-4H2,(H,14,16)(H,15,18). The average Bonchev–Trinajstić information content (AvgIpc) is 2.81. The summed E-state index contributed by atoms with van der Waals surface area (Å²) in [7, 11) is 0. The van der Waals surface area contributed by atoms with Gasteiger partial charge in [0.2, 0.25) is 0 Å². The van der Waals surface area contributed by atoms with Crippen LogP contribution in [0.15, 0.2) is 35.2 Å². The van der Waals surface area contributed by atoms with Gasteiger partial charge in [-0.3, -0.25) is 4.79 Å². The molecule has 0 saturated carbocycles. The number of aromatic amines is 1. The summed E-state index contributed by atoms with van der Waals surface area (Å²) in [5, 5.41) is 12.4. The van der Waals surface area contributed by atoms with Crippen LogP contribution in [-0.4, -0.2) is 27.5 Å². The van der Waals surface area contributed by atoms with Crippen molar-refractivity contribution in [2.75, 3.05) is 6.54 Å². The molecular weight excluding hydrogens is 298 g/mol. The van der Waals surface area contributed by atoms with Crippen molar-refractivity contribution >= 4 is 21.8 Å². The molecular formula is C12H12BrN3O2. The van der Waals surface area contributed by atoms with Crippen molar-refractivity contribution in [2.45, 2.75) is 6.42 Å². The van der Waals surface area contributed by atoms with Gasteiger partial charge in [0.25, 0.3) is 5.91 Å². The number of nitrogens with zero attached hydrogens (tertiary/aromatic N) is 1. The van der Waals surface area contributed by atoms with Gasteiger partial charge in [-0.15, -0.1) is 0 Å². The second kappa shape index (κ2) is 5.68. The molecule has 0 atom stereocenters. The Kier molecular flexibility index (Phi) is 3.99. The Morgan fingerprint density at radius 2 is 2.33 bits per heavy atom. The first-order valence-electron chi connectivity index (χ1n) is 5.41. The first-order chi connectivity index (χ1) is 8.66. The Balaban J connectivity index is 1.91. The molecule has 0 bridgehead atoms. The maximum absolute atomic E-state index is 11.8. The van der Waals surface area contributed by atoms with Gasteiger partial charge in [-0.1, -0.05) is 15.9 Å². The van der Waals surface area contributed by atoms with Crippen LogP contribution < -0.4 is 5.32 Å². The van der Waals surface area contributed by atoms with Gasteiger partial charge in [0.05, 0.1) is 11.9 Å². The highest BCUT2D eigenvalue weighted by molar-refractivity contribution is 9.10. The number of amides is 1. The SMILES string of the molecule is O=C(NCCc1cnc[nH]1)c1ccc(Br)cc1O. The van der Waals surface area contributed by atoms with Gasteiger partial charge in [0.15, 0.2) is 0 Å². The van der Waals surface area contributed by atoms with Gasteiger partial charge in [-0.2, -0.15) is 0 Å². The Bertz CT molecular complexity index is 540. The number of halogens is 1. The van der Waals surface area contributed by atoms with E-state index >= 15 is 0 Å². The number of rotatable bonds is 4. The third-order valence-corrected chi connectivity index (χ3v) is 2.93. The van der Waals surface area contributed by atoms with Gasteiger partial charge >= 0.3 is 0 Å². The molecule has 1 aromatic carbocycles. The van der Waals surface area contributed by atoms with Crippen molar-refractivity contribution in [3.8, 4) is 5.75 Å². The summed E-state index contributed by atoms with van der Waals surface area (Å²) in [4.78, 5) is 18.6. The molecule has 0 spiro atoms. The van der Waals surface area contributed by atoms with E-state index in [0.717, 1.165) is 10.2 Å². The number of imidazole rings is 1. The van der Waals surface area contributed by atoms with Crippen molar-refractivity contribution in [1.29, 1.82) is 0 Å². The van der Waals surface area contributed by atoms with Gasteiger partial charge in [0, 0.05) is 29.3 Å². The zero-order valence-electron chi connectivity index (χ0n) is 9.48. The highest BCUT2D eigenvalue weighted by atomic mass is 79.9. The molecule has 0 radical (unpaired) electrons. The maximum Gasteiger partial charge on any atom is 0.255 e. The van der Waals surface area contributed by atoms with E-state index in [2.05, 4.69) is 31.2 Å². The van der Waals surface area contributed by atoms with E-state index in [4.69, 9.17) is 0 Å². The maximum atomic E-state index is 11.8. The van der Waals surface area contributed by atoms with Crippen molar-refractivity contribution in [2.24, 2.45) is 0 Å². The van der Waals surface area contributed by atoms with E-state index in [1.165, 1.54) is 6.07 Å². The third-order valence-electron chi connectivity index (χ3n) is 2.44. The molecule has 18 heavy (non-hydrogen) atoms. The van der Waals surface area contributed by atoms with E-state index in [1.54, 1.807) is 24.7 Å². The minimum atomic E-state index is -0.292. The lowest BCUT2D eigenvalue weighted by Crippen LogP contribution is -2.25. The number of carbonyl (C=O) groups is 1. The molecule has 0 aliphatic rings. The number of hydrogen-bond donors (Lipinski definition) is 3. The zero-order valence-corrected chi connectivity index (χ0v) is 11.1. The lowest BCUT2D eigenvalue weighted by molar-refractivity contribution is 0.0951. The Morgan fingerprint density at radius 3 is 3.00 bits per heavy atom. The largest absolute Gasteiger partial charge is 0.507 e. The van der Waals surface area contributed by atoms with E-state index in [0.29, 0.717) is 13.0 Å². The fourth-order valence-corrected chi connectivity index (χ4v) is 1.87. The van der Waals surface area contributed by atoms with Crippen molar-refractivity contribution in [3.63, 3.8) is 0 Å². The topological polar surface area (TPSA) is 78.0 Å². The fraction of sp³-hybridized carbons (Fsp3) is 0.167. The predicted molar refractivity (Wildman–Crippen MR) is 70.4 cm³/mol. The molecule has 0 unspecified atom stereocenters. The summed E-state index contributed by atoms with van der Waals surface area (Å²) in [6.45, 7) is 0.483. The van der Waals surface area contributed by atoms with Crippen LogP contribution in [0.4, 0.5) is 0 Å². The number of carbonyl (C=O) groups excluding carboxylic acids is 1. The summed E-state index contributed by atoms with van der Waals surface area (Å²) < 4.78 is 0.731. The van der Waals surface area contributed by atoms with Crippen LogP contribution in [0.3, 0.4) is 0 Å². The lowest BCUT2D eigenvalue weighted by atomic mass is 10.2. The number of hydrogen-bond acceptors (Lipinski definition) is 3. The molecule has 0 aliphatic heterocycles. The summed E-state index contributed by atoms with van der Waals surface area (Å²) >= 11 is 3.22. The summed E-state index contributed by atoms with van der Waals surface area (Å²) in [6, 6.07) is 4.78. The molecule has 2 rings (SSSR count). The summed E-state index contributed by atoms with van der Waals surface area (Å²) in [5.41, 5.74) is 1.22. The van der Waals surface area contributed by atoms with Crippen molar-refractivity contribution < 1.29 is 9.90 Å². The molecule has 94 valence electrons. The van der Waals surface area contributed by atoms with E-state index in [9.17, 15) is 9.90 Å². The first-order valence-corrected chi connectivity index (χ1v) is 6.20. The van der Waals surface area contributed by atoms with Crippen LogP contribution in [0, 0.1) is 0 Å². The van der Waals surface area contributed by atoms with Crippen LogP contribution in [-0.2, 0) is 6.42 Å². The van der Waals surface area contributed by atoms with E-state index in [1.807, 2.05) is 0 Å². The minimum absolute atomic E-state index is 0.0385. The number of phenolic OH excluding ortho intramolecular Hbond substituents is 1. The predicted octanol–water partition coefficient (Wildman–Crippen LogP) is 1.85. The Hall–Kier alpha value is -1.82. The average molecular weight is 310 g/mol. The van der Waals surface area contributed by atoms with Crippen molar-refractivity contribution in [1.82, 2.24) is 15.3 Å². The fourth-order valence-electron chi connectivity index (χ4n) is 1.52. The van der Waals surface area contributed by atoms with Crippen LogP contribution in [0.25, 0.3) is 0 Å². The van der Waals surface area contributed by atoms with Crippen LogP contribution in [0.1, 0.15) is 16.1 Å². The van der Waals surface area contributed by atoms with Gasteiger partial charge in [-0.05, 0) is 18.2 Å². The lowest BCUT2D eigenvalue weighted by Gasteiger charge is -2.06. The minimum Gasteiger partial charge on any atom is -0.507 e. The highest BCUT2D eigenvalue weighted by Crippen LogP contribution is 2.21. The molecule has 1 heterocycles. The van der Waals surface area contributed by atoms with Crippen LogP contribution in [0.2, 0.25) is 0 Å². The number of aromatic hydroxyl groups is 1. The number of H-pyrrole nitrogens is 1. The Labute approximate surface area is 112 Å². The van der Waals surface area contributed by atoms with Gasteiger partial charge < -0.3 is 15.4 Å². The molecule has 6 heteroatoms. The smallest absolute Gasteiger partial charge is 0.255 e.